The maximum Gasteiger partial charge on any atom is 0.251 e. The summed E-state index contributed by atoms with van der Waals surface area (Å²) in [6.07, 6.45) is 0. The average Bonchev–Trinajstić information content (AvgIpc) is 2.74. The molecule has 1 fully saturated rings. The monoisotopic (exact) mass is 467 g/mol. The molecule has 3 N–H and O–H groups in total. The second-order valence-corrected chi connectivity index (χ2v) is 10.8. The fourth-order valence-electron chi connectivity index (χ4n) is 3.25. The van der Waals surface area contributed by atoms with Gasteiger partial charge in [-0.1, -0.05) is 18.2 Å². The van der Waals surface area contributed by atoms with Crippen LogP contribution in [0, 0.1) is 6.92 Å². The number of nitrogens with one attached hydrogen (secondary N) is 1. The zero-order valence-electron chi connectivity index (χ0n) is 17.2. The molecule has 0 radical (unpaired) electrons. The second kappa shape index (κ2) is 9.05. The molecule has 1 atom stereocenters. The van der Waals surface area contributed by atoms with Crippen LogP contribution in [0.1, 0.15) is 34.5 Å². The highest BCUT2D eigenvalue weighted by atomic mass is 32.2. The lowest BCUT2D eigenvalue weighted by Crippen LogP contribution is -2.41. The Kier molecular flexibility index (Phi) is 6.82. The Morgan fingerprint density at radius 3 is 2.26 bits per heavy atom. The van der Waals surface area contributed by atoms with Gasteiger partial charge in [0.2, 0.25) is 20.0 Å². The summed E-state index contributed by atoms with van der Waals surface area (Å²) in [5.41, 5.74) is 1.44. The minimum absolute atomic E-state index is 0.0220. The number of sulfonamides is 2. The molecule has 0 aliphatic carbocycles. The maximum atomic E-state index is 13.0. The molecular weight excluding hydrogens is 442 g/mol. The third-order valence-electron chi connectivity index (χ3n) is 5.09. The van der Waals surface area contributed by atoms with E-state index in [2.05, 4.69) is 5.32 Å². The van der Waals surface area contributed by atoms with Crippen LogP contribution in [0.5, 0.6) is 0 Å². The summed E-state index contributed by atoms with van der Waals surface area (Å²) in [4.78, 5) is 12.8. The number of rotatable bonds is 6. The Hall–Kier alpha value is -2.31. The van der Waals surface area contributed by atoms with Crippen molar-refractivity contribution in [2.75, 3.05) is 26.3 Å². The van der Waals surface area contributed by atoms with E-state index in [9.17, 15) is 21.6 Å². The van der Waals surface area contributed by atoms with Crippen molar-refractivity contribution >= 4 is 26.0 Å². The smallest absolute Gasteiger partial charge is 0.251 e. The number of amides is 1. The van der Waals surface area contributed by atoms with Gasteiger partial charge < -0.3 is 10.1 Å². The molecule has 1 aliphatic heterocycles. The van der Waals surface area contributed by atoms with Crippen molar-refractivity contribution in [3.8, 4) is 0 Å². The number of ether oxygens (including phenoxy) is 1. The molecule has 11 heteroatoms. The van der Waals surface area contributed by atoms with Crippen molar-refractivity contribution in [1.29, 1.82) is 0 Å². The average molecular weight is 468 g/mol. The molecule has 1 amide bonds. The van der Waals surface area contributed by atoms with Gasteiger partial charge in [0.05, 0.1) is 29.0 Å². The molecule has 2 aromatic rings. The molecule has 2 aromatic carbocycles. The van der Waals surface area contributed by atoms with E-state index < -0.39 is 32.0 Å². The fraction of sp³-hybridized carbons (Fsp3) is 0.350. The highest BCUT2D eigenvalue weighted by molar-refractivity contribution is 7.89. The van der Waals surface area contributed by atoms with Gasteiger partial charge in [-0.15, -0.1) is 0 Å². The quantitative estimate of drug-likeness (QED) is 0.654. The normalized spacial score (nSPS) is 16.6. The Labute approximate surface area is 182 Å². The van der Waals surface area contributed by atoms with E-state index in [0.717, 1.165) is 0 Å². The first kappa shape index (κ1) is 23.4. The summed E-state index contributed by atoms with van der Waals surface area (Å²) >= 11 is 0. The number of hydrogen-bond donors (Lipinski definition) is 2. The first-order valence-corrected chi connectivity index (χ1v) is 12.6. The molecule has 9 nitrogen and oxygen atoms in total. The van der Waals surface area contributed by atoms with Crippen LogP contribution >= 0.6 is 0 Å². The third kappa shape index (κ3) is 5.31. The summed E-state index contributed by atoms with van der Waals surface area (Å²) in [6.45, 7) is 4.63. The zero-order chi connectivity index (χ0) is 22.8. The fourth-order valence-corrected chi connectivity index (χ4v) is 5.43. The van der Waals surface area contributed by atoms with Crippen molar-refractivity contribution in [3.05, 3.63) is 59.2 Å². The number of aryl methyl sites for hydroxylation is 1. The van der Waals surface area contributed by atoms with E-state index in [0.29, 0.717) is 24.3 Å². The van der Waals surface area contributed by atoms with Crippen LogP contribution < -0.4 is 10.5 Å². The van der Waals surface area contributed by atoms with Crippen LogP contribution in [0.4, 0.5) is 0 Å². The Balaban J connectivity index is 1.80. The van der Waals surface area contributed by atoms with Crippen LogP contribution in [0.2, 0.25) is 0 Å². The molecule has 31 heavy (non-hydrogen) atoms. The number of primary sulfonamides is 1. The topological polar surface area (TPSA) is 136 Å². The van der Waals surface area contributed by atoms with Gasteiger partial charge in [0.15, 0.2) is 0 Å². The van der Waals surface area contributed by atoms with Crippen LogP contribution in [0.15, 0.2) is 52.3 Å². The molecule has 0 aromatic heterocycles. The number of carbonyl (C=O) groups excluding carboxylic acids is 1. The van der Waals surface area contributed by atoms with Gasteiger partial charge in [-0.25, -0.2) is 22.0 Å². The first-order chi connectivity index (χ1) is 14.5. The summed E-state index contributed by atoms with van der Waals surface area (Å²) in [7, 11) is -7.54. The van der Waals surface area contributed by atoms with Crippen LogP contribution in [-0.4, -0.2) is 53.4 Å². The van der Waals surface area contributed by atoms with Crippen molar-refractivity contribution in [2.24, 2.45) is 5.14 Å². The lowest BCUT2D eigenvalue weighted by atomic mass is 10.1. The van der Waals surface area contributed by atoms with Gasteiger partial charge in [0, 0.05) is 18.7 Å². The van der Waals surface area contributed by atoms with Crippen molar-refractivity contribution < 1.29 is 26.4 Å². The second-order valence-electron chi connectivity index (χ2n) is 7.31. The predicted octanol–water partition coefficient (Wildman–Crippen LogP) is 1.15. The van der Waals surface area contributed by atoms with Gasteiger partial charge in [0.1, 0.15) is 0 Å². The van der Waals surface area contributed by atoms with E-state index in [-0.39, 0.29) is 28.4 Å². The number of hydrogen-bond acceptors (Lipinski definition) is 6. The SMILES string of the molecule is Cc1ccc(C(=O)N[C@@H](C)c2ccc(S(N)(=O)=O)cc2)cc1S(=O)(=O)N1CCOCC1. The molecule has 1 heterocycles. The lowest BCUT2D eigenvalue weighted by molar-refractivity contribution is 0.0730. The van der Waals surface area contributed by atoms with Crippen molar-refractivity contribution in [1.82, 2.24) is 9.62 Å². The standard InChI is InChI=1S/C20H25N3O6S2/c1-14-3-4-17(13-19(14)31(27,28)23-9-11-29-12-10-23)20(24)22-15(2)16-5-7-18(8-6-16)30(21,25)26/h3-8,13,15H,9-12H2,1-2H3,(H,22,24)(H2,21,25,26)/t15-/m0/s1. The number of nitrogens with two attached hydrogens (primary N) is 1. The number of benzene rings is 2. The molecule has 0 unspecified atom stereocenters. The molecule has 168 valence electrons. The van der Waals surface area contributed by atoms with Crippen molar-refractivity contribution in [2.45, 2.75) is 29.7 Å². The lowest BCUT2D eigenvalue weighted by Gasteiger charge is -2.26. The van der Waals surface area contributed by atoms with Crippen LogP contribution in [0.25, 0.3) is 0 Å². The highest BCUT2D eigenvalue weighted by Gasteiger charge is 2.28. The van der Waals surface area contributed by atoms with Crippen LogP contribution in [-0.2, 0) is 24.8 Å². The number of morpholine rings is 1. The zero-order valence-corrected chi connectivity index (χ0v) is 18.9. The highest BCUT2D eigenvalue weighted by Crippen LogP contribution is 2.23. The van der Waals surface area contributed by atoms with Gasteiger partial charge in [-0.3, -0.25) is 4.79 Å². The van der Waals surface area contributed by atoms with E-state index in [1.807, 2.05) is 0 Å². The van der Waals surface area contributed by atoms with E-state index >= 15 is 0 Å². The molecular formula is C20H25N3O6S2. The maximum absolute atomic E-state index is 13.0. The molecule has 0 spiro atoms. The molecule has 0 saturated carbocycles. The van der Waals surface area contributed by atoms with Gasteiger partial charge in [-0.2, -0.15) is 4.31 Å². The van der Waals surface area contributed by atoms with Gasteiger partial charge >= 0.3 is 0 Å². The van der Waals surface area contributed by atoms with E-state index in [4.69, 9.17) is 9.88 Å². The minimum Gasteiger partial charge on any atom is -0.379 e. The van der Waals surface area contributed by atoms with Crippen LogP contribution in [0.3, 0.4) is 0 Å². The number of carbonyl (C=O) groups is 1. The molecule has 1 saturated heterocycles. The Morgan fingerprint density at radius 2 is 1.68 bits per heavy atom. The number of nitrogens with zero attached hydrogens (tertiary/aromatic N) is 1. The van der Waals surface area contributed by atoms with E-state index in [1.165, 1.54) is 22.5 Å². The first-order valence-electron chi connectivity index (χ1n) is 9.62. The van der Waals surface area contributed by atoms with E-state index in [1.54, 1.807) is 38.1 Å². The Bertz CT molecular complexity index is 1170. The third-order valence-corrected chi connectivity index (χ3v) is 8.06. The van der Waals surface area contributed by atoms with Gasteiger partial charge in [0.25, 0.3) is 5.91 Å². The van der Waals surface area contributed by atoms with Crippen molar-refractivity contribution in [3.63, 3.8) is 0 Å². The summed E-state index contributed by atoms with van der Waals surface area (Å²) in [6, 6.07) is 9.98. The van der Waals surface area contributed by atoms with Gasteiger partial charge in [-0.05, 0) is 49.2 Å². The predicted molar refractivity (Wildman–Crippen MR) is 114 cm³/mol. The Morgan fingerprint density at radius 1 is 1.06 bits per heavy atom. The largest absolute Gasteiger partial charge is 0.379 e. The minimum atomic E-state index is -3.80. The summed E-state index contributed by atoms with van der Waals surface area (Å²) in [5, 5.41) is 7.90. The molecule has 3 rings (SSSR count). The molecule has 0 bridgehead atoms. The summed E-state index contributed by atoms with van der Waals surface area (Å²) < 4.78 is 55.4. The molecule has 1 aliphatic rings. The summed E-state index contributed by atoms with van der Waals surface area (Å²) in [5.74, 6) is -0.443.